The summed E-state index contributed by atoms with van der Waals surface area (Å²) in [7, 11) is 0. The van der Waals surface area contributed by atoms with Crippen LogP contribution in [0.25, 0.3) is 0 Å². The summed E-state index contributed by atoms with van der Waals surface area (Å²) in [5.74, 6) is 2.73. The Hall–Kier alpha value is -1.36. The SMILES string of the molecule is CCNC(=NCc1cc(C(CC)CC)no1)NCCN1CCN(C(=O)C2CCC2)CC1.I. The van der Waals surface area contributed by atoms with Crippen molar-refractivity contribution in [3.8, 4) is 0 Å². The van der Waals surface area contributed by atoms with Crippen molar-refractivity contribution >= 4 is 35.8 Å². The molecule has 0 aromatic carbocycles. The third kappa shape index (κ3) is 7.60. The van der Waals surface area contributed by atoms with Crippen LogP contribution in [-0.2, 0) is 11.3 Å². The van der Waals surface area contributed by atoms with Gasteiger partial charge in [-0.1, -0.05) is 25.4 Å². The monoisotopic (exact) mass is 560 g/mol. The predicted molar refractivity (Wildman–Crippen MR) is 138 cm³/mol. The zero-order chi connectivity index (χ0) is 22.1. The molecule has 2 fully saturated rings. The first kappa shape index (κ1) is 26.9. The van der Waals surface area contributed by atoms with Gasteiger partial charge in [-0.15, -0.1) is 24.0 Å². The number of hydrogen-bond acceptors (Lipinski definition) is 5. The molecule has 0 unspecified atom stereocenters. The van der Waals surface area contributed by atoms with Crippen LogP contribution in [0, 0.1) is 5.92 Å². The molecule has 1 amide bonds. The van der Waals surface area contributed by atoms with Crippen molar-refractivity contribution in [2.24, 2.45) is 10.9 Å². The number of nitrogens with zero attached hydrogens (tertiary/aromatic N) is 4. The van der Waals surface area contributed by atoms with Gasteiger partial charge >= 0.3 is 0 Å². The fourth-order valence-corrected chi connectivity index (χ4v) is 4.24. The van der Waals surface area contributed by atoms with E-state index in [2.05, 4.69) is 51.4 Å². The van der Waals surface area contributed by atoms with E-state index in [4.69, 9.17) is 4.52 Å². The number of aromatic nitrogens is 1. The molecular weight excluding hydrogens is 519 g/mol. The first-order valence-electron chi connectivity index (χ1n) is 12.1. The molecule has 3 rings (SSSR count). The Morgan fingerprint density at radius 2 is 1.91 bits per heavy atom. The smallest absolute Gasteiger partial charge is 0.225 e. The number of carbonyl (C=O) groups is 1. The normalized spacial score (nSPS) is 17.8. The molecule has 1 saturated carbocycles. The van der Waals surface area contributed by atoms with Gasteiger partial charge in [0.2, 0.25) is 5.91 Å². The molecule has 2 heterocycles. The van der Waals surface area contributed by atoms with E-state index in [-0.39, 0.29) is 24.0 Å². The third-order valence-electron chi connectivity index (χ3n) is 6.58. The van der Waals surface area contributed by atoms with Crippen molar-refractivity contribution in [3.63, 3.8) is 0 Å². The molecule has 1 aromatic rings. The molecule has 0 bridgehead atoms. The number of aliphatic imine (C=N–C) groups is 1. The average molecular weight is 561 g/mol. The van der Waals surface area contributed by atoms with E-state index in [1.54, 1.807) is 0 Å². The number of hydrogen-bond donors (Lipinski definition) is 2. The van der Waals surface area contributed by atoms with Crippen molar-refractivity contribution in [2.45, 2.75) is 65.3 Å². The topological polar surface area (TPSA) is 86.0 Å². The first-order valence-corrected chi connectivity index (χ1v) is 12.1. The van der Waals surface area contributed by atoms with E-state index >= 15 is 0 Å². The molecule has 32 heavy (non-hydrogen) atoms. The summed E-state index contributed by atoms with van der Waals surface area (Å²) in [6, 6.07) is 2.04. The van der Waals surface area contributed by atoms with Crippen LogP contribution in [0.5, 0.6) is 0 Å². The van der Waals surface area contributed by atoms with Crippen LogP contribution in [0.2, 0.25) is 0 Å². The average Bonchev–Trinajstić information content (AvgIpc) is 3.21. The standard InChI is InChI=1S/C23H40N6O2.HI/c1-4-18(5-2)21-16-20(31-27-21)17-26-23(24-6-3)25-10-11-28-12-14-29(15-13-28)22(30)19-8-7-9-19;/h16,18-19H,4-15,17H2,1-3H3,(H2,24,25,26);1H. The molecule has 182 valence electrons. The van der Waals surface area contributed by atoms with Gasteiger partial charge in [0.25, 0.3) is 0 Å². The maximum absolute atomic E-state index is 12.4. The molecule has 1 saturated heterocycles. The zero-order valence-electron chi connectivity index (χ0n) is 19.9. The number of halogens is 1. The minimum atomic E-state index is 0. The van der Waals surface area contributed by atoms with Crippen molar-refractivity contribution < 1.29 is 9.32 Å². The van der Waals surface area contributed by atoms with E-state index in [1.807, 2.05) is 6.07 Å². The lowest BCUT2D eigenvalue weighted by molar-refractivity contribution is -0.139. The summed E-state index contributed by atoms with van der Waals surface area (Å²) >= 11 is 0. The second-order valence-corrected chi connectivity index (χ2v) is 8.65. The minimum Gasteiger partial charge on any atom is -0.359 e. The Labute approximate surface area is 210 Å². The summed E-state index contributed by atoms with van der Waals surface area (Å²) in [6.45, 7) is 13.1. The molecule has 1 aromatic heterocycles. The number of carbonyl (C=O) groups excluding carboxylic acids is 1. The number of piperazine rings is 1. The molecule has 0 radical (unpaired) electrons. The van der Waals surface area contributed by atoms with E-state index < -0.39 is 0 Å². The van der Waals surface area contributed by atoms with E-state index in [1.165, 1.54) is 6.42 Å². The quantitative estimate of drug-likeness (QED) is 0.260. The summed E-state index contributed by atoms with van der Waals surface area (Å²) in [5.41, 5.74) is 1.03. The van der Waals surface area contributed by atoms with Gasteiger partial charge in [-0.05, 0) is 32.6 Å². The van der Waals surface area contributed by atoms with E-state index in [9.17, 15) is 4.79 Å². The van der Waals surface area contributed by atoms with Crippen LogP contribution in [-0.4, -0.2) is 72.6 Å². The van der Waals surface area contributed by atoms with Gasteiger partial charge in [0, 0.05) is 63.7 Å². The minimum absolute atomic E-state index is 0. The third-order valence-corrected chi connectivity index (χ3v) is 6.58. The summed E-state index contributed by atoms with van der Waals surface area (Å²) in [4.78, 5) is 21.5. The fraction of sp³-hybridized carbons (Fsp3) is 0.783. The number of rotatable bonds is 10. The molecule has 9 heteroatoms. The van der Waals surface area contributed by atoms with Gasteiger partial charge in [0.1, 0.15) is 6.54 Å². The Morgan fingerprint density at radius 3 is 2.50 bits per heavy atom. The fourth-order valence-electron chi connectivity index (χ4n) is 4.24. The number of amides is 1. The molecular formula is C23H41IN6O2. The van der Waals surface area contributed by atoms with Crippen LogP contribution < -0.4 is 10.6 Å². The van der Waals surface area contributed by atoms with Gasteiger partial charge in [0.05, 0.1) is 5.69 Å². The Balaban J connectivity index is 0.00000363. The van der Waals surface area contributed by atoms with Crippen LogP contribution in [0.1, 0.15) is 70.2 Å². The van der Waals surface area contributed by atoms with Gasteiger partial charge in [-0.3, -0.25) is 9.69 Å². The molecule has 0 spiro atoms. The number of guanidine groups is 1. The van der Waals surface area contributed by atoms with Crippen LogP contribution in [0.4, 0.5) is 0 Å². The number of nitrogens with one attached hydrogen (secondary N) is 2. The van der Waals surface area contributed by atoms with Crippen molar-refractivity contribution in [3.05, 3.63) is 17.5 Å². The second kappa shape index (κ2) is 14.0. The first-order chi connectivity index (χ1) is 15.1. The van der Waals surface area contributed by atoms with Gasteiger partial charge < -0.3 is 20.1 Å². The lowest BCUT2D eigenvalue weighted by atomic mass is 9.84. The molecule has 2 aliphatic rings. The maximum Gasteiger partial charge on any atom is 0.225 e. The Bertz CT molecular complexity index is 709. The molecule has 1 aliphatic heterocycles. The largest absolute Gasteiger partial charge is 0.359 e. The predicted octanol–water partition coefficient (Wildman–Crippen LogP) is 3.20. The molecule has 8 nitrogen and oxygen atoms in total. The molecule has 0 atom stereocenters. The van der Waals surface area contributed by atoms with Gasteiger partial charge in [0.15, 0.2) is 11.7 Å². The zero-order valence-corrected chi connectivity index (χ0v) is 22.3. The summed E-state index contributed by atoms with van der Waals surface area (Å²) in [6.07, 6.45) is 5.52. The van der Waals surface area contributed by atoms with Crippen molar-refractivity contribution in [1.82, 2.24) is 25.6 Å². The van der Waals surface area contributed by atoms with Crippen molar-refractivity contribution in [2.75, 3.05) is 45.8 Å². The lowest BCUT2D eigenvalue weighted by Crippen LogP contribution is -2.52. The maximum atomic E-state index is 12.4. The highest BCUT2D eigenvalue weighted by molar-refractivity contribution is 14.0. The Morgan fingerprint density at radius 1 is 1.19 bits per heavy atom. The van der Waals surface area contributed by atoms with Crippen LogP contribution >= 0.6 is 24.0 Å². The van der Waals surface area contributed by atoms with Crippen molar-refractivity contribution in [1.29, 1.82) is 0 Å². The molecule has 1 aliphatic carbocycles. The van der Waals surface area contributed by atoms with Gasteiger partial charge in [-0.2, -0.15) is 0 Å². The highest BCUT2D eigenvalue weighted by atomic mass is 127. The van der Waals surface area contributed by atoms with E-state index in [0.29, 0.717) is 24.3 Å². The molecule has 2 N–H and O–H groups in total. The van der Waals surface area contributed by atoms with Crippen LogP contribution in [0.15, 0.2) is 15.6 Å². The second-order valence-electron chi connectivity index (χ2n) is 8.65. The lowest BCUT2D eigenvalue weighted by Gasteiger charge is -2.38. The summed E-state index contributed by atoms with van der Waals surface area (Å²) in [5, 5.41) is 10.9. The highest BCUT2D eigenvalue weighted by Gasteiger charge is 2.31. The van der Waals surface area contributed by atoms with Crippen LogP contribution in [0.3, 0.4) is 0 Å². The Kier molecular flexibility index (Phi) is 11.8. The summed E-state index contributed by atoms with van der Waals surface area (Å²) < 4.78 is 5.48. The van der Waals surface area contributed by atoms with E-state index in [0.717, 1.165) is 88.9 Å². The highest BCUT2D eigenvalue weighted by Crippen LogP contribution is 2.28. The van der Waals surface area contributed by atoms with Gasteiger partial charge in [-0.25, -0.2) is 4.99 Å².